The largest absolute Gasteiger partial charge is 0.488 e. The van der Waals surface area contributed by atoms with Crippen LogP contribution in [-0.2, 0) is 0 Å². The number of nitrogens with zero attached hydrogens (tertiary/aromatic N) is 2. The predicted octanol–water partition coefficient (Wildman–Crippen LogP) is 3.60. The van der Waals surface area contributed by atoms with E-state index in [9.17, 15) is 9.90 Å². The molecule has 4 N–H and O–H groups in total. The van der Waals surface area contributed by atoms with Crippen molar-refractivity contribution in [3.8, 4) is 5.75 Å². The van der Waals surface area contributed by atoms with Crippen molar-refractivity contribution in [2.24, 2.45) is 0 Å². The van der Waals surface area contributed by atoms with Gasteiger partial charge in [-0.15, -0.1) is 0 Å². The van der Waals surface area contributed by atoms with Crippen LogP contribution in [0.5, 0.6) is 5.75 Å². The molecule has 3 aromatic rings. The van der Waals surface area contributed by atoms with Gasteiger partial charge in [0.15, 0.2) is 0 Å². The highest BCUT2D eigenvalue weighted by Crippen LogP contribution is 2.31. The van der Waals surface area contributed by atoms with Crippen LogP contribution in [0.3, 0.4) is 0 Å². The lowest BCUT2D eigenvalue weighted by atomic mass is 10.1. The Morgan fingerprint density at radius 2 is 2.11 bits per heavy atom. The molecular formula is C21H26N4O3. The van der Waals surface area contributed by atoms with E-state index in [0.717, 1.165) is 5.52 Å². The summed E-state index contributed by atoms with van der Waals surface area (Å²) in [4.78, 5) is 17.2. The van der Waals surface area contributed by atoms with E-state index in [2.05, 4.69) is 24.1 Å². The number of ether oxygens (including phenoxy) is 1. The standard InChI is InChI=1S/C21H26N4O3/c1-4-16(11-26)28-17-9-18(20-19(10-17)25(12-23-20)13(2)3)24-21(27)14-6-5-7-15(22)8-14/h5-10,12-13,16,26H,4,11,22H2,1-3H3,(H,24,27). The summed E-state index contributed by atoms with van der Waals surface area (Å²) in [5, 5.41) is 12.4. The second kappa shape index (κ2) is 8.31. The maximum atomic E-state index is 12.7. The monoisotopic (exact) mass is 382 g/mol. The Hall–Kier alpha value is -3.06. The van der Waals surface area contributed by atoms with E-state index in [4.69, 9.17) is 10.5 Å². The molecule has 3 rings (SSSR count). The zero-order chi connectivity index (χ0) is 20.3. The second-order valence-corrected chi connectivity index (χ2v) is 6.99. The average Bonchev–Trinajstić information content (AvgIpc) is 3.10. The molecule has 28 heavy (non-hydrogen) atoms. The summed E-state index contributed by atoms with van der Waals surface area (Å²) in [6.07, 6.45) is 2.10. The Morgan fingerprint density at radius 1 is 1.32 bits per heavy atom. The van der Waals surface area contributed by atoms with Crippen LogP contribution in [0.4, 0.5) is 11.4 Å². The number of aliphatic hydroxyl groups excluding tert-OH is 1. The molecule has 1 heterocycles. The molecule has 1 amide bonds. The zero-order valence-corrected chi connectivity index (χ0v) is 16.3. The maximum Gasteiger partial charge on any atom is 0.255 e. The Labute approximate surface area is 164 Å². The number of amides is 1. The van der Waals surface area contributed by atoms with Gasteiger partial charge in [-0.2, -0.15) is 0 Å². The minimum Gasteiger partial charge on any atom is -0.488 e. The van der Waals surface area contributed by atoms with Crippen molar-refractivity contribution in [1.82, 2.24) is 9.55 Å². The van der Waals surface area contributed by atoms with Gasteiger partial charge in [0.2, 0.25) is 0 Å². The maximum absolute atomic E-state index is 12.7. The van der Waals surface area contributed by atoms with E-state index in [1.54, 1.807) is 36.7 Å². The van der Waals surface area contributed by atoms with Crippen molar-refractivity contribution in [3.05, 3.63) is 48.3 Å². The molecule has 0 fully saturated rings. The fraction of sp³-hybridized carbons (Fsp3) is 0.333. The van der Waals surface area contributed by atoms with Crippen molar-refractivity contribution in [3.63, 3.8) is 0 Å². The number of hydrogen-bond donors (Lipinski definition) is 3. The van der Waals surface area contributed by atoms with Crippen LogP contribution >= 0.6 is 0 Å². The number of anilines is 2. The first-order valence-corrected chi connectivity index (χ1v) is 9.38. The Balaban J connectivity index is 2.02. The number of imidazole rings is 1. The number of rotatable bonds is 7. The summed E-state index contributed by atoms with van der Waals surface area (Å²) in [7, 11) is 0. The van der Waals surface area contributed by atoms with Crippen LogP contribution in [0.15, 0.2) is 42.7 Å². The van der Waals surface area contributed by atoms with Crippen molar-refractivity contribution in [2.45, 2.75) is 39.3 Å². The van der Waals surface area contributed by atoms with Crippen molar-refractivity contribution in [2.75, 3.05) is 17.7 Å². The molecule has 0 saturated heterocycles. The molecular weight excluding hydrogens is 356 g/mol. The van der Waals surface area contributed by atoms with Gasteiger partial charge in [-0.3, -0.25) is 4.79 Å². The first-order chi connectivity index (χ1) is 13.4. The number of benzene rings is 2. The highest BCUT2D eigenvalue weighted by atomic mass is 16.5. The lowest BCUT2D eigenvalue weighted by Crippen LogP contribution is -2.20. The smallest absolute Gasteiger partial charge is 0.255 e. The number of nitrogen functional groups attached to an aromatic ring is 1. The van der Waals surface area contributed by atoms with Crippen LogP contribution in [0.25, 0.3) is 11.0 Å². The molecule has 148 valence electrons. The van der Waals surface area contributed by atoms with Crippen molar-refractivity contribution in [1.29, 1.82) is 0 Å². The number of carbonyl (C=O) groups excluding carboxylic acids is 1. The first kappa shape index (κ1) is 19.7. The summed E-state index contributed by atoms with van der Waals surface area (Å²) < 4.78 is 7.92. The van der Waals surface area contributed by atoms with Gasteiger partial charge in [0.05, 0.1) is 24.1 Å². The molecule has 1 unspecified atom stereocenters. The van der Waals surface area contributed by atoms with Gasteiger partial charge in [0, 0.05) is 29.4 Å². The van der Waals surface area contributed by atoms with Crippen LogP contribution in [-0.4, -0.2) is 33.3 Å². The van der Waals surface area contributed by atoms with Crippen LogP contribution < -0.4 is 15.8 Å². The fourth-order valence-electron chi connectivity index (χ4n) is 3.00. The number of nitrogens with one attached hydrogen (secondary N) is 1. The highest BCUT2D eigenvalue weighted by Gasteiger charge is 2.17. The van der Waals surface area contributed by atoms with Gasteiger partial charge in [0.25, 0.3) is 5.91 Å². The van der Waals surface area contributed by atoms with Crippen LogP contribution in [0.1, 0.15) is 43.6 Å². The zero-order valence-electron chi connectivity index (χ0n) is 16.3. The molecule has 0 aliphatic heterocycles. The summed E-state index contributed by atoms with van der Waals surface area (Å²) in [6, 6.07) is 10.6. The summed E-state index contributed by atoms with van der Waals surface area (Å²) in [5.41, 5.74) is 8.85. The van der Waals surface area contributed by atoms with E-state index in [1.165, 1.54) is 0 Å². The molecule has 7 nitrogen and oxygen atoms in total. The minimum absolute atomic E-state index is 0.0804. The third-order valence-corrected chi connectivity index (χ3v) is 4.57. The van der Waals surface area contributed by atoms with E-state index < -0.39 is 0 Å². The quantitative estimate of drug-likeness (QED) is 0.542. The van der Waals surface area contributed by atoms with Gasteiger partial charge in [-0.25, -0.2) is 4.98 Å². The summed E-state index contributed by atoms with van der Waals surface area (Å²) in [6.45, 7) is 5.98. The molecule has 0 saturated carbocycles. The second-order valence-electron chi connectivity index (χ2n) is 6.99. The van der Waals surface area contributed by atoms with Crippen LogP contribution in [0, 0.1) is 0 Å². The topological polar surface area (TPSA) is 102 Å². The van der Waals surface area contributed by atoms with Crippen molar-refractivity contribution < 1.29 is 14.6 Å². The van der Waals surface area contributed by atoms with E-state index in [-0.39, 0.29) is 24.7 Å². The summed E-state index contributed by atoms with van der Waals surface area (Å²) >= 11 is 0. The molecule has 0 aliphatic carbocycles. The van der Waals surface area contributed by atoms with Gasteiger partial charge < -0.3 is 25.5 Å². The number of carbonyl (C=O) groups is 1. The minimum atomic E-state index is -0.314. The third kappa shape index (κ3) is 4.09. The average molecular weight is 382 g/mol. The van der Waals surface area contributed by atoms with Crippen molar-refractivity contribution >= 4 is 28.3 Å². The molecule has 7 heteroatoms. The SMILES string of the molecule is CCC(CO)Oc1cc(NC(=O)c2cccc(N)c2)c2ncn(C(C)C)c2c1. The third-order valence-electron chi connectivity index (χ3n) is 4.57. The number of aliphatic hydroxyl groups is 1. The molecule has 0 radical (unpaired) electrons. The molecule has 2 aromatic carbocycles. The molecule has 1 atom stereocenters. The molecule has 1 aromatic heterocycles. The Morgan fingerprint density at radius 3 is 2.75 bits per heavy atom. The fourth-order valence-corrected chi connectivity index (χ4v) is 3.00. The Bertz CT molecular complexity index is 977. The lowest BCUT2D eigenvalue weighted by Gasteiger charge is -2.17. The molecule has 0 aliphatic rings. The summed E-state index contributed by atoms with van der Waals surface area (Å²) in [5.74, 6) is 0.290. The number of aromatic nitrogens is 2. The van der Waals surface area contributed by atoms with Gasteiger partial charge >= 0.3 is 0 Å². The Kier molecular flexibility index (Phi) is 5.84. The lowest BCUT2D eigenvalue weighted by molar-refractivity contribution is 0.102. The molecule has 0 bridgehead atoms. The number of nitrogens with two attached hydrogens (primary N) is 1. The van der Waals surface area contributed by atoms with E-state index in [0.29, 0.717) is 34.6 Å². The number of fused-ring (bicyclic) bond motifs is 1. The normalized spacial score (nSPS) is 12.3. The number of hydrogen-bond acceptors (Lipinski definition) is 5. The highest BCUT2D eigenvalue weighted by molar-refractivity contribution is 6.08. The predicted molar refractivity (Wildman–Crippen MR) is 111 cm³/mol. The van der Waals surface area contributed by atoms with Gasteiger partial charge in [-0.05, 0) is 38.5 Å². The van der Waals surface area contributed by atoms with E-state index in [1.807, 2.05) is 17.6 Å². The molecule has 0 spiro atoms. The first-order valence-electron chi connectivity index (χ1n) is 9.38. The van der Waals surface area contributed by atoms with Gasteiger partial charge in [0.1, 0.15) is 17.4 Å². The van der Waals surface area contributed by atoms with E-state index >= 15 is 0 Å². The van der Waals surface area contributed by atoms with Gasteiger partial charge in [-0.1, -0.05) is 13.0 Å². The van der Waals surface area contributed by atoms with Crippen LogP contribution in [0.2, 0.25) is 0 Å².